The zero-order valence-electron chi connectivity index (χ0n) is 19.9. The van der Waals surface area contributed by atoms with Gasteiger partial charge in [0, 0.05) is 42.4 Å². The number of carbonyl (C=O) groups is 1. The fourth-order valence-electron chi connectivity index (χ4n) is 4.87. The lowest BCUT2D eigenvalue weighted by Gasteiger charge is -2.31. The summed E-state index contributed by atoms with van der Waals surface area (Å²) in [6.07, 6.45) is 5.31. The van der Waals surface area contributed by atoms with Gasteiger partial charge in [0.2, 0.25) is 5.91 Å². The molecule has 1 fully saturated rings. The molecule has 0 atom stereocenters. The summed E-state index contributed by atoms with van der Waals surface area (Å²) in [6, 6.07) is 9.85. The number of nitrogens with one attached hydrogen (secondary N) is 3. The van der Waals surface area contributed by atoms with E-state index < -0.39 is 0 Å². The van der Waals surface area contributed by atoms with Crippen LogP contribution in [0.3, 0.4) is 0 Å². The normalized spacial score (nSPS) is 14.7. The molecular formula is C26H27N7O2. The molecule has 1 aliphatic carbocycles. The van der Waals surface area contributed by atoms with Crippen molar-refractivity contribution in [3.63, 3.8) is 0 Å². The molecule has 4 aromatic rings. The molecule has 0 saturated heterocycles. The first-order chi connectivity index (χ1) is 16.9. The third-order valence-electron chi connectivity index (χ3n) is 6.68. The van der Waals surface area contributed by atoms with E-state index >= 15 is 0 Å². The van der Waals surface area contributed by atoms with E-state index in [4.69, 9.17) is 0 Å². The number of anilines is 4. The number of nitrogens with zero attached hydrogens (tertiary/aromatic N) is 4. The molecule has 3 N–H and O–H groups in total. The number of hydrogen-bond acceptors (Lipinski definition) is 6. The summed E-state index contributed by atoms with van der Waals surface area (Å²) >= 11 is 0. The van der Waals surface area contributed by atoms with Gasteiger partial charge in [0.15, 0.2) is 0 Å². The van der Waals surface area contributed by atoms with Crippen molar-refractivity contribution in [3.8, 4) is 11.1 Å². The number of benzene rings is 1. The largest absolute Gasteiger partial charge is 0.366 e. The van der Waals surface area contributed by atoms with Crippen LogP contribution in [0.1, 0.15) is 38.4 Å². The number of H-pyrrole nitrogens is 1. The molecule has 1 aliphatic heterocycles. The lowest BCUT2D eigenvalue weighted by Crippen LogP contribution is -2.25. The topological polar surface area (TPSA) is 108 Å². The van der Waals surface area contributed by atoms with Crippen LogP contribution in [0.2, 0.25) is 0 Å². The number of aromatic amines is 1. The molecule has 9 heteroatoms. The molecule has 178 valence electrons. The summed E-state index contributed by atoms with van der Waals surface area (Å²) in [6.45, 7) is 4.98. The van der Waals surface area contributed by atoms with E-state index in [0.717, 1.165) is 41.9 Å². The highest BCUT2D eigenvalue weighted by Gasteiger charge is 2.30. The third-order valence-corrected chi connectivity index (χ3v) is 6.68. The van der Waals surface area contributed by atoms with Crippen molar-refractivity contribution < 1.29 is 4.79 Å². The second-order valence-electron chi connectivity index (χ2n) is 9.61. The van der Waals surface area contributed by atoms with Crippen LogP contribution >= 0.6 is 0 Å². The van der Waals surface area contributed by atoms with Gasteiger partial charge in [-0.05, 0) is 38.8 Å². The van der Waals surface area contributed by atoms with Gasteiger partial charge in [0.05, 0.1) is 46.4 Å². The second kappa shape index (κ2) is 7.97. The average molecular weight is 470 g/mol. The number of para-hydroxylation sites is 1. The van der Waals surface area contributed by atoms with Gasteiger partial charge in [-0.25, -0.2) is 4.98 Å². The summed E-state index contributed by atoms with van der Waals surface area (Å²) < 4.78 is 2.07. The predicted molar refractivity (Wildman–Crippen MR) is 137 cm³/mol. The van der Waals surface area contributed by atoms with E-state index in [9.17, 15) is 9.59 Å². The highest BCUT2D eigenvalue weighted by Crippen LogP contribution is 2.44. The molecule has 0 spiro atoms. The molecule has 0 bridgehead atoms. The van der Waals surface area contributed by atoms with Gasteiger partial charge >= 0.3 is 0 Å². The monoisotopic (exact) mass is 469 g/mol. The van der Waals surface area contributed by atoms with Gasteiger partial charge < -0.3 is 20.5 Å². The maximum atomic E-state index is 12.8. The molecule has 4 heterocycles. The second-order valence-corrected chi connectivity index (χ2v) is 9.61. The van der Waals surface area contributed by atoms with Gasteiger partial charge in [-0.15, -0.1) is 0 Å². The van der Waals surface area contributed by atoms with Gasteiger partial charge in [0.25, 0.3) is 5.56 Å². The maximum absolute atomic E-state index is 12.8. The molecule has 35 heavy (non-hydrogen) atoms. The predicted octanol–water partition coefficient (Wildman–Crippen LogP) is 4.41. The van der Waals surface area contributed by atoms with Crippen molar-refractivity contribution in [2.45, 2.75) is 39.3 Å². The van der Waals surface area contributed by atoms with Gasteiger partial charge in [-0.1, -0.05) is 12.1 Å². The number of amides is 1. The van der Waals surface area contributed by atoms with Gasteiger partial charge in [0.1, 0.15) is 5.82 Å². The molecule has 9 nitrogen and oxygen atoms in total. The van der Waals surface area contributed by atoms with Crippen molar-refractivity contribution in [1.82, 2.24) is 19.7 Å². The fraction of sp³-hybridized carbons (Fsp3) is 0.308. The summed E-state index contributed by atoms with van der Waals surface area (Å²) in [4.78, 5) is 34.6. The van der Waals surface area contributed by atoms with Crippen molar-refractivity contribution in [2.24, 2.45) is 5.92 Å². The van der Waals surface area contributed by atoms with Crippen LogP contribution in [0.4, 0.5) is 22.9 Å². The molecule has 1 aromatic carbocycles. The number of hydrogen-bond donors (Lipinski definition) is 3. The minimum Gasteiger partial charge on any atom is -0.366 e. The average Bonchev–Trinajstić information content (AvgIpc) is 3.58. The zero-order chi connectivity index (χ0) is 24.3. The molecule has 0 radical (unpaired) electrons. The Morgan fingerprint density at radius 1 is 1.17 bits per heavy atom. The van der Waals surface area contributed by atoms with Crippen LogP contribution < -0.4 is 21.1 Å². The van der Waals surface area contributed by atoms with E-state index in [1.54, 1.807) is 18.3 Å². The Bertz CT molecular complexity index is 1530. The molecule has 1 saturated carbocycles. The quantitative estimate of drug-likeness (QED) is 0.400. The summed E-state index contributed by atoms with van der Waals surface area (Å²) in [5, 5.41) is 11.5. The lowest BCUT2D eigenvalue weighted by molar-refractivity contribution is -0.117. The smallest absolute Gasteiger partial charge is 0.259 e. The highest BCUT2D eigenvalue weighted by molar-refractivity contribution is 6.00. The Morgan fingerprint density at radius 2 is 2.00 bits per heavy atom. The first-order valence-corrected chi connectivity index (χ1v) is 11.9. The zero-order valence-corrected chi connectivity index (χ0v) is 19.9. The Labute approximate surface area is 202 Å². The molecule has 0 unspecified atom stereocenters. The minimum absolute atomic E-state index is 0.0286. The van der Waals surface area contributed by atoms with Crippen molar-refractivity contribution in [3.05, 3.63) is 58.8 Å². The Kier molecular flexibility index (Phi) is 4.87. The summed E-state index contributed by atoms with van der Waals surface area (Å²) in [5.74, 6) is 0.458. The first-order valence-electron chi connectivity index (χ1n) is 11.9. The van der Waals surface area contributed by atoms with E-state index in [-0.39, 0.29) is 23.4 Å². The molecule has 3 aromatic heterocycles. The molecule has 6 rings (SSSR count). The van der Waals surface area contributed by atoms with Crippen LogP contribution in [0, 0.1) is 5.92 Å². The van der Waals surface area contributed by atoms with Crippen molar-refractivity contribution in [1.29, 1.82) is 0 Å². The maximum Gasteiger partial charge on any atom is 0.259 e. The van der Waals surface area contributed by atoms with Crippen LogP contribution in [-0.2, 0) is 11.3 Å². The SMILES string of the molecule is CC(C)n1ncc2c1CN(C)c1c(Nc3cc(NC(=O)C4CC4)nc4cc[nH]c(=O)c34)cccc1-2. The van der Waals surface area contributed by atoms with Gasteiger partial charge in [-0.3, -0.25) is 14.3 Å². The Balaban J connectivity index is 1.46. The number of pyridine rings is 2. The molecule has 2 aliphatic rings. The lowest BCUT2D eigenvalue weighted by atomic mass is 9.97. The Morgan fingerprint density at radius 3 is 2.77 bits per heavy atom. The van der Waals surface area contributed by atoms with Crippen LogP contribution in [0.25, 0.3) is 22.0 Å². The number of rotatable bonds is 5. The summed E-state index contributed by atoms with van der Waals surface area (Å²) in [7, 11) is 2.06. The first kappa shape index (κ1) is 21.4. The van der Waals surface area contributed by atoms with Gasteiger partial charge in [-0.2, -0.15) is 5.10 Å². The third kappa shape index (κ3) is 3.63. The van der Waals surface area contributed by atoms with E-state index in [0.29, 0.717) is 22.4 Å². The Hall–Kier alpha value is -4.14. The fourth-order valence-corrected chi connectivity index (χ4v) is 4.87. The standard InChI is InChI=1S/C26H27N7O2/c1-14(2)33-21-13-32(3)24-16(17(21)12-28-33)5-4-6-19(24)29-20-11-22(31-25(34)15-7-8-15)30-18-9-10-27-26(35)23(18)20/h4-6,9-12,14-15H,7-8,13H2,1-3H3,(H,27,35)(H2,29,30,31,34). The van der Waals surface area contributed by atoms with E-state index in [1.165, 1.54) is 5.69 Å². The number of carbonyl (C=O) groups excluding carboxylic acids is 1. The van der Waals surface area contributed by atoms with Crippen molar-refractivity contribution in [2.75, 3.05) is 22.6 Å². The van der Waals surface area contributed by atoms with Crippen molar-refractivity contribution >= 4 is 39.7 Å². The van der Waals surface area contributed by atoms with E-state index in [2.05, 4.69) is 62.2 Å². The molecular weight excluding hydrogens is 442 g/mol. The van der Waals surface area contributed by atoms with Crippen LogP contribution in [0.15, 0.2) is 47.5 Å². The van der Waals surface area contributed by atoms with Crippen LogP contribution in [-0.4, -0.2) is 32.7 Å². The summed E-state index contributed by atoms with van der Waals surface area (Å²) in [5.41, 5.74) is 6.15. The highest BCUT2D eigenvalue weighted by atomic mass is 16.2. The van der Waals surface area contributed by atoms with Crippen LogP contribution in [0.5, 0.6) is 0 Å². The van der Waals surface area contributed by atoms with E-state index in [1.807, 2.05) is 18.3 Å². The minimum atomic E-state index is -0.240. The number of fused-ring (bicyclic) bond motifs is 4. The molecule has 1 amide bonds. The number of aromatic nitrogens is 4.